The van der Waals surface area contributed by atoms with Crippen LogP contribution in [0.5, 0.6) is 11.5 Å². The molecule has 0 fully saturated rings. The summed E-state index contributed by atoms with van der Waals surface area (Å²) in [4.78, 5) is 28.4. The third kappa shape index (κ3) is 4.50. The van der Waals surface area contributed by atoms with Gasteiger partial charge in [-0.2, -0.15) is 10.1 Å². The van der Waals surface area contributed by atoms with Crippen molar-refractivity contribution in [3.05, 3.63) is 59.4 Å². The largest absolute Gasteiger partial charge is 0.493 e. The van der Waals surface area contributed by atoms with E-state index >= 15 is 0 Å². The fraction of sp³-hybridized carbons (Fsp3) is 0.273. The minimum absolute atomic E-state index is 0.132. The molecule has 2 heterocycles. The van der Waals surface area contributed by atoms with E-state index in [0.717, 1.165) is 22.4 Å². The molecule has 9 heteroatoms. The molecule has 2 aromatic carbocycles. The summed E-state index contributed by atoms with van der Waals surface area (Å²) in [6.07, 6.45) is 1.63. The topological polar surface area (TPSA) is 107 Å². The maximum absolute atomic E-state index is 12.3. The summed E-state index contributed by atoms with van der Waals surface area (Å²) in [5, 5.41) is 9.73. The third-order valence-corrected chi connectivity index (χ3v) is 4.93. The number of methoxy groups -OCH3 is 1. The molecule has 9 nitrogen and oxygen atoms in total. The predicted molar refractivity (Wildman–Crippen MR) is 114 cm³/mol. The number of benzene rings is 2. The van der Waals surface area contributed by atoms with Crippen LogP contribution < -0.4 is 20.1 Å². The van der Waals surface area contributed by atoms with E-state index in [2.05, 4.69) is 20.7 Å². The molecule has 0 aliphatic carbocycles. The number of nitrogens with one attached hydrogen (secondary N) is 2. The van der Waals surface area contributed by atoms with Crippen LogP contribution in [0.25, 0.3) is 0 Å². The van der Waals surface area contributed by atoms with Gasteiger partial charge in [-0.1, -0.05) is 12.1 Å². The Bertz CT molecular complexity index is 1120. The fourth-order valence-corrected chi connectivity index (χ4v) is 3.66. The van der Waals surface area contributed by atoms with E-state index in [1.165, 1.54) is 13.4 Å². The van der Waals surface area contributed by atoms with Gasteiger partial charge in [-0.05, 0) is 54.8 Å². The molecule has 2 amide bonds. The summed E-state index contributed by atoms with van der Waals surface area (Å²) in [5.74, 6) is 0.897. The van der Waals surface area contributed by atoms with Crippen molar-refractivity contribution in [1.82, 2.24) is 14.8 Å². The first-order valence-electron chi connectivity index (χ1n) is 9.81. The van der Waals surface area contributed by atoms with Crippen LogP contribution in [0, 0.1) is 13.8 Å². The van der Waals surface area contributed by atoms with E-state index in [0.29, 0.717) is 17.4 Å². The first kappa shape index (κ1) is 20.4. The Morgan fingerprint density at radius 3 is 2.71 bits per heavy atom. The van der Waals surface area contributed by atoms with Crippen molar-refractivity contribution >= 4 is 23.5 Å². The number of carbonyl (C=O) groups excluding carboxylic acids is 2. The average molecular weight is 421 g/mol. The molecule has 160 valence electrons. The Labute approximate surface area is 179 Å². The predicted octanol–water partition coefficient (Wildman–Crippen LogP) is 2.85. The molecule has 2 N–H and O–H groups in total. The SMILES string of the molecule is COc1cc(C2CC(=O)Nc3ncnn32)ccc1OCC(=O)Nc1cc(C)cc(C)c1. The monoisotopic (exact) mass is 421 g/mol. The van der Waals surface area contributed by atoms with Gasteiger partial charge in [-0.15, -0.1) is 0 Å². The molecule has 0 saturated heterocycles. The molecule has 3 aromatic rings. The van der Waals surface area contributed by atoms with Crippen molar-refractivity contribution in [3.63, 3.8) is 0 Å². The number of amides is 2. The molecule has 1 aliphatic rings. The summed E-state index contributed by atoms with van der Waals surface area (Å²) in [6, 6.07) is 10.9. The van der Waals surface area contributed by atoms with Crippen LogP contribution in [-0.4, -0.2) is 40.3 Å². The number of aromatic nitrogens is 3. The molecular formula is C22H23N5O4. The van der Waals surface area contributed by atoms with Gasteiger partial charge in [0.1, 0.15) is 6.33 Å². The number of anilines is 2. The normalized spacial score (nSPS) is 15.1. The molecule has 1 aliphatic heterocycles. The molecule has 1 atom stereocenters. The number of fused-ring (bicyclic) bond motifs is 1. The molecule has 4 rings (SSSR count). The van der Waals surface area contributed by atoms with Crippen LogP contribution in [0.3, 0.4) is 0 Å². The van der Waals surface area contributed by atoms with Crippen LogP contribution in [0.15, 0.2) is 42.7 Å². The van der Waals surface area contributed by atoms with Crippen LogP contribution in [0.4, 0.5) is 11.6 Å². The Morgan fingerprint density at radius 2 is 1.97 bits per heavy atom. The molecule has 1 unspecified atom stereocenters. The third-order valence-electron chi connectivity index (χ3n) is 4.93. The second kappa shape index (κ2) is 8.47. The lowest BCUT2D eigenvalue weighted by molar-refractivity contribution is -0.118. The number of carbonyl (C=O) groups is 2. The highest BCUT2D eigenvalue weighted by Crippen LogP contribution is 2.34. The molecular weight excluding hydrogens is 398 g/mol. The zero-order chi connectivity index (χ0) is 22.0. The van der Waals surface area contributed by atoms with Crippen LogP contribution in [-0.2, 0) is 9.59 Å². The number of hydrogen-bond donors (Lipinski definition) is 2. The van der Waals surface area contributed by atoms with Gasteiger partial charge in [-0.25, -0.2) is 4.68 Å². The summed E-state index contributed by atoms with van der Waals surface area (Å²) in [5.41, 5.74) is 3.69. The van der Waals surface area contributed by atoms with Crippen molar-refractivity contribution in [2.45, 2.75) is 26.3 Å². The zero-order valence-corrected chi connectivity index (χ0v) is 17.5. The van der Waals surface area contributed by atoms with Gasteiger partial charge in [0.15, 0.2) is 18.1 Å². The van der Waals surface area contributed by atoms with Gasteiger partial charge in [0.05, 0.1) is 19.6 Å². The first-order chi connectivity index (χ1) is 14.9. The summed E-state index contributed by atoms with van der Waals surface area (Å²) < 4.78 is 12.8. The first-order valence-corrected chi connectivity index (χ1v) is 9.81. The van der Waals surface area contributed by atoms with Crippen molar-refractivity contribution in [2.75, 3.05) is 24.4 Å². The Morgan fingerprint density at radius 1 is 1.19 bits per heavy atom. The van der Waals surface area contributed by atoms with E-state index in [1.807, 2.05) is 38.1 Å². The standard InChI is InChI=1S/C22H23N5O4/c1-13-6-14(2)8-16(7-13)25-21(29)11-31-18-5-4-15(9-19(18)30-3)17-10-20(28)26-22-23-12-24-27(17)22/h4-9,12,17H,10-11H2,1-3H3,(H,25,29)(H,23,24,26,28). The van der Waals surface area contributed by atoms with E-state index < -0.39 is 0 Å². The molecule has 1 aromatic heterocycles. The highest BCUT2D eigenvalue weighted by atomic mass is 16.5. The molecule has 0 saturated carbocycles. The second-order valence-corrected chi connectivity index (χ2v) is 7.42. The highest BCUT2D eigenvalue weighted by Gasteiger charge is 2.28. The second-order valence-electron chi connectivity index (χ2n) is 7.42. The lowest BCUT2D eigenvalue weighted by atomic mass is 10.0. The minimum atomic E-state index is -0.304. The number of ether oxygens (including phenoxy) is 2. The number of hydrogen-bond acceptors (Lipinski definition) is 6. The Kier molecular flexibility index (Phi) is 5.57. The van der Waals surface area contributed by atoms with Crippen LogP contribution in [0.1, 0.15) is 29.2 Å². The zero-order valence-electron chi connectivity index (χ0n) is 17.5. The van der Waals surface area contributed by atoms with Crippen molar-refractivity contribution in [1.29, 1.82) is 0 Å². The molecule has 0 spiro atoms. The van der Waals surface area contributed by atoms with Crippen molar-refractivity contribution in [2.24, 2.45) is 0 Å². The molecule has 0 radical (unpaired) electrons. The average Bonchev–Trinajstić information content (AvgIpc) is 3.19. The van der Waals surface area contributed by atoms with E-state index in [4.69, 9.17) is 9.47 Å². The van der Waals surface area contributed by atoms with E-state index in [-0.39, 0.29) is 30.9 Å². The van der Waals surface area contributed by atoms with Gasteiger partial charge in [-0.3, -0.25) is 14.9 Å². The van der Waals surface area contributed by atoms with Gasteiger partial charge < -0.3 is 14.8 Å². The lowest BCUT2D eigenvalue weighted by Crippen LogP contribution is -2.29. The van der Waals surface area contributed by atoms with Gasteiger partial charge in [0, 0.05) is 5.69 Å². The maximum Gasteiger partial charge on any atom is 0.262 e. The fourth-order valence-electron chi connectivity index (χ4n) is 3.66. The number of rotatable bonds is 6. The maximum atomic E-state index is 12.3. The van der Waals surface area contributed by atoms with Gasteiger partial charge in [0.25, 0.3) is 5.91 Å². The molecule has 31 heavy (non-hydrogen) atoms. The minimum Gasteiger partial charge on any atom is -0.493 e. The van der Waals surface area contributed by atoms with Gasteiger partial charge >= 0.3 is 0 Å². The number of aryl methyl sites for hydroxylation is 2. The van der Waals surface area contributed by atoms with Crippen LogP contribution >= 0.6 is 0 Å². The lowest BCUT2D eigenvalue weighted by Gasteiger charge is -2.24. The van der Waals surface area contributed by atoms with Crippen molar-refractivity contribution < 1.29 is 19.1 Å². The quantitative estimate of drug-likeness (QED) is 0.634. The highest BCUT2D eigenvalue weighted by molar-refractivity contribution is 5.92. The van der Waals surface area contributed by atoms with E-state index in [9.17, 15) is 9.59 Å². The molecule has 0 bridgehead atoms. The summed E-state index contributed by atoms with van der Waals surface area (Å²) in [7, 11) is 1.52. The van der Waals surface area contributed by atoms with Crippen LogP contribution in [0.2, 0.25) is 0 Å². The van der Waals surface area contributed by atoms with E-state index in [1.54, 1.807) is 16.8 Å². The Hall–Kier alpha value is -3.88. The summed E-state index contributed by atoms with van der Waals surface area (Å²) >= 11 is 0. The Balaban J connectivity index is 1.46. The smallest absolute Gasteiger partial charge is 0.262 e. The van der Waals surface area contributed by atoms with Crippen molar-refractivity contribution in [3.8, 4) is 11.5 Å². The number of nitrogens with zero attached hydrogens (tertiary/aromatic N) is 3. The van der Waals surface area contributed by atoms with Gasteiger partial charge in [0.2, 0.25) is 11.9 Å². The summed E-state index contributed by atoms with van der Waals surface area (Å²) in [6.45, 7) is 3.79.